The van der Waals surface area contributed by atoms with E-state index < -0.39 is 28.7 Å². The van der Waals surface area contributed by atoms with Crippen molar-refractivity contribution in [2.75, 3.05) is 19.8 Å². The number of carbonyl (C=O) groups is 3. The smallest absolute Gasteiger partial charge is 0.310 e. The summed E-state index contributed by atoms with van der Waals surface area (Å²) >= 11 is 1.62. The fourth-order valence-corrected chi connectivity index (χ4v) is 8.70. The van der Waals surface area contributed by atoms with E-state index in [2.05, 4.69) is 13.2 Å². The Morgan fingerprint density at radius 2 is 2.03 bits per heavy atom. The zero-order chi connectivity index (χ0) is 27.4. The predicted molar refractivity (Wildman–Crippen MR) is 149 cm³/mol. The molecule has 1 spiro atoms. The van der Waals surface area contributed by atoms with Crippen LogP contribution in [0.5, 0.6) is 0 Å². The molecule has 3 aliphatic rings. The monoisotopic (exact) mass is 540 g/mol. The average molecular weight is 541 g/mol. The Balaban J connectivity index is 1.75. The van der Waals surface area contributed by atoms with Crippen LogP contribution in [0.15, 0.2) is 55.6 Å². The van der Waals surface area contributed by atoms with Crippen molar-refractivity contribution in [1.82, 2.24) is 9.80 Å². The number of rotatable bonds is 13. The Morgan fingerprint density at radius 3 is 2.66 bits per heavy atom. The predicted octanol–water partition coefficient (Wildman–Crippen LogP) is 3.82. The summed E-state index contributed by atoms with van der Waals surface area (Å²) in [5.41, 5.74) is 0.986. The van der Waals surface area contributed by atoms with Gasteiger partial charge in [0.05, 0.1) is 35.8 Å². The van der Waals surface area contributed by atoms with Gasteiger partial charge in [0.2, 0.25) is 11.8 Å². The van der Waals surface area contributed by atoms with Crippen LogP contribution in [0.3, 0.4) is 0 Å². The highest BCUT2D eigenvalue weighted by Gasteiger charge is 2.75. The molecule has 2 amide bonds. The first-order valence-corrected chi connectivity index (χ1v) is 14.5. The molecule has 2 unspecified atom stereocenters. The molecular weight excluding hydrogens is 500 g/mol. The molecule has 206 valence electrons. The fourth-order valence-electron chi connectivity index (χ4n) is 6.51. The summed E-state index contributed by atoms with van der Waals surface area (Å²) in [6, 6.07) is 8.48. The number of nitrogens with zero attached hydrogens (tertiary/aromatic N) is 2. The topological polar surface area (TPSA) is 87.2 Å². The van der Waals surface area contributed by atoms with Crippen LogP contribution >= 0.6 is 11.8 Å². The minimum Gasteiger partial charge on any atom is -0.465 e. The van der Waals surface area contributed by atoms with E-state index in [-0.39, 0.29) is 42.2 Å². The lowest BCUT2D eigenvalue weighted by molar-refractivity contribution is -0.154. The van der Waals surface area contributed by atoms with Crippen molar-refractivity contribution in [3.8, 4) is 0 Å². The second-order valence-electron chi connectivity index (χ2n) is 10.7. The van der Waals surface area contributed by atoms with Gasteiger partial charge in [-0.25, -0.2) is 0 Å². The van der Waals surface area contributed by atoms with Gasteiger partial charge in [0.25, 0.3) is 0 Å². The third-order valence-corrected chi connectivity index (χ3v) is 10.5. The van der Waals surface area contributed by atoms with Crippen LogP contribution in [0.2, 0.25) is 0 Å². The van der Waals surface area contributed by atoms with Gasteiger partial charge in [-0.3, -0.25) is 14.4 Å². The van der Waals surface area contributed by atoms with E-state index in [0.29, 0.717) is 25.9 Å². The maximum absolute atomic E-state index is 14.5. The zero-order valence-electron chi connectivity index (χ0n) is 22.5. The lowest BCUT2D eigenvalue weighted by Crippen LogP contribution is -2.58. The van der Waals surface area contributed by atoms with E-state index in [0.717, 1.165) is 18.4 Å². The van der Waals surface area contributed by atoms with Gasteiger partial charge < -0.3 is 19.6 Å². The number of ether oxygens (including phenoxy) is 1. The van der Waals surface area contributed by atoms with Crippen LogP contribution in [-0.4, -0.2) is 74.5 Å². The van der Waals surface area contributed by atoms with E-state index in [9.17, 15) is 19.5 Å². The van der Waals surface area contributed by atoms with E-state index >= 15 is 0 Å². The maximum Gasteiger partial charge on any atom is 0.310 e. The fraction of sp³-hybridized carbons (Fsp3) is 0.567. The summed E-state index contributed by atoms with van der Waals surface area (Å²) in [6.45, 7) is 12.3. The van der Waals surface area contributed by atoms with Gasteiger partial charge in [-0.15, -0.1) is 24.9 Å². The van der Waals surface area contributed by atoms with Gasteiger partial charge in [-0.2, -0.15) is 0 Å². The highest BCUT2D eigenvalue weighted by Crippen LogP contribution is 2.67. The Bertz CT molecular complexity index is 1050. The van der Waals surface area contributed by atoms with Crippen molar-refractivity contribution in [3.63, 3.8) is 0 Å². The molecule has 0 aromatic heterocycles. The number of benzene rings is 1. The molecule has 38 heavy (non-hydrogen) atoms. The number of thioether (sulfide) groups is 1. The van der Waals surface area contributed by atoms with Crippen molar-refractivity contribution >= 4 is 29.5 Å². The van der Waals surface area contributed by atoms with Crippen molar-refractivity contribution in [2.24, 2.45) is 17.8 Å². The van der Waals surface area contributed by atoms with Crippen LogP contribution in [0.25, 0.3) is 0 Å². The van der Waals surface area contributed by atoms with Crippen molar-refractivity contribution in [1.29, 1.82) is 0 Å². The van der Waals surface area contributed by atoms with Crippen LogP contribution in [-0.2, 0) is 25.7 Å². The summed E-state index contributed by atoms with van der Waals surface area (Å²) in [5, 5.41) is 10.4. The molecule has 4 rings (SSSR count). The van der Waals surface area contributed by atoms with E-state index in [1.165, 1.54) is 0 Å². The Labute approximate surface area is 230 Å². The van der Waals surface area contributed by atoms with Crippen molar-refractivity contribution in [3.05, 3.63) is 61.2 Å². The number of amides is 2. The molecule has 0 saturated carbocycles. The first-order chi connectivity index (χ1) is 18.3. The van der Waals surface area contributed by atoms with E-state index in [1.807, 2.05) is 44.2 Å². The van der Waals surface area contributed by atoms with Gasteiger partial charge in [0.15, 0.2) is 0 Å². The SMILES string of the molecule is C=CCCOC(=O)[C@@H]1[C@@H]2CCC3(S2)C(C(=O)N(CC=C)Cc2ccccc2)N([C@@H](CO)[C@@H](C)CC)C(=O)[C@H]13. The first-order valence-electron chi connectivity index (χ1n) is 13.7. The molecule has 3 fully saturated rings. The molecule has 0 aliphatic carbocycles. The van der Waals surface area contributed by atoms with Crippen molar-refractivity contribution < 1.29 is 24.2 Å². The molecule has 3 saturated heterocycles. The molecule has 0 radical (unpaired) electrons. The molecule has 7 atom stereocenters. The van der Waals surface area contributed by atoms with Gasteiger partial charge in [-0.05, 0) is 30.7 Å². The molecular formula is C30H40N2O5S. The third kappa shape index (κ3) is 4.93. The zero-order valence-corrected chi connectivity index (χ0v) is 23.3. The maximum atomic E-state index is 14.5. The highest BCUT2D eigenvalue weighted by molar-refractivity contribution is 8.02. The normalized spacial score (nSPS) is 29.0. The Morgan fingerprint density at radius 1 is 1.29 bits per heavy atom. The number of esters is 1. The third-order valence-electron chi connectivity index (χ3n) is 8.53. The number of hydrogen-bond donors (Lipinski definition) is 1. The second kappa shape index (κ2) is 12.1. The Hall–Kier alpha value is -2.58. The van der Waals surface area contributed by atoms with Crippen LogP contribution in [0.1, 0.15) is 45.1 Å². The molecule has 2 bridgehead atoms. The van der Waals surface area contributed by atoms with Crippen molar-refractivity contribution in [2.45, 2.75) is 68.2 Å². The summed E-state index contributed by atoms with van der Waals surface area (Å²) in [6.07, 6.45) is 6.11. The Kier molecular flexibility index (Phi) is 9.04. The van der Waals surface area contributed by atoms with Crippen LogP contribution < -0.4 is 0 Å². The van der Waals surface area contributed by atoms with Crippen LogP contribution in [0, 0.1) is 17.8 Å². The van der Waals surface area contributed by atoms with Gasteiger partial charge >= 0.3 is 5.97 Å². The molecule has 7 nitrogen and oxygen atoms in total. The first kappa shape index (κ1) is 28.4. The van der Waals surface area contributed by atoms with E-state index in [4.69, 9.17) is 4.74 Å². The molecule has 1 aromatic carbocycles. The largest absolute Gasteiger partial charge is 0.465 e. The molecule has 1 aromatic rings. The number of aliphatic hydroxyl groups excluding tert-OH is 1. The van der Waals surface area contributed by atoms with Gasteiger partial charge in [-0.1, -0.05) is 62.8 Å². The number of hydrogen-bond acceptors (Lipinski definition) is 6. The summed E-state index contributed by atoms with van der Waals surface area (Å²) in [4.78, 5) is 45.5. The number of likely N-dealkylation sites (tertiary alicyclic amines) is 1. The molecule has 3 heterocycles. The minimum absolute atomic E-state index is 0.0170. The summed E-state index contributed by atoms with van der Waals surface area (Å²) < 4.78 is 4.85. The highest BCUT2D eigenvalue weighted by atomic mass is 32.2. The average Bonchev–Trinajstić information content (AvgIpc) is 3.57. The van der Waals surface area contributed by atoms with Gasteiger partial charge in [0.1, 0.15) is 6.04 Å². The molecule has 1 N–H and O–H groups in total. The lowest BCUT2D eigenvalue weighted by Gasteiger charge is -2.41. The standard InChI is InChI=1S/C30H40N2O5S/c1-5-8-17-37-29(36)24-23-14-15-30(38-23)25(24)27(34)32(22(19-33)20(4)7-3)26(30)28(35)31(16-6-2)18-21-12-10-9-11-13-21/h5-6,9-13,20,22-26,33H,1-2,7-8,14-19H2,3-4H3/t20-,22-,23-,24+,25-,26?,30?/m0/s1. The quantitative estimate of drug-likeness (QED) is 0.233. The summed E-state index contributed by atoms with van der Waals surface area (Å²) in [7, 11) is 0. The van der Waals surface area contributed by atoms with Crippen LogP contribution in [0.4, 0.5) is 0 Å². The summed E-state index contributed by atoms with van der Waals surface area (Å²) in [5.74, 6) is -1.98. The second-order valence-corrected chi connectivity index (χ2v) is 12.3. The minimum atomic E-state index is -0.768. The number of fused-ring (bicyclic) bond motifs is 1. The van der Waals surface area contributed by atoms with E-state index in [1.54, 1.807) is 33.7 Å². The molecule has 8 heteroatoms. The molecule has 3 aliphatic heterocycles. The van der Waals surface area contributed by atoms with Gasteiger partial charge in [0, 0.05) is 18.3 Å². The lowest BCUT2D eigenvalue weighted by atomic mass is 9.71. The number of carbonyl (C=O) groups excluding carboxylic acids is 3. The number of aliphatic hydroxyl groups is 1.